The fraction of sp³-hybridized carbons (Fsp3) is 0.333. The highest BCUT2D eigenvalue weighted by molar-refractivity contribution is 7.89. The Morgan fingerprint density at radius 1 is 1.25 bits per heavy atom. The third-order valence-electron chi connectivity index (χ3n) is 2.08. The molecular formula is C9H10FNO4S. The Labute approximate surface area is 92.0 Å². The van der Waals surface area contributed by atoms with Crippen molar-refractivity contribution in [3.8, 4) is 11.5 Å². The van der Waals surface area contributed by atoms with Crippen LogP contribution in [0.25, 0.3) is 0 Å². The molecule has 1 aliphatic heterocycles. The molecule has 0 bridgehead atoms. The molecule has 1 aliphatic rings. The topological polar surface area (TPSA) is 78.6 Å². The molecule has 0 radical (unpaired) electrons. The lowest BCUT2D eigenvalue weighted by atomic mass is 10.3. The van der Waals surface area contributed by atoms with E-state index in [1.807, 2.05) is 0 Å². The van der Waals surface area contributed by atoms with Crippen molar-refractivity contribution in [3.63, 3.8) is 0 Å². The van der Waals surface area contributed by atoms with Crippen LogP contribution in [0.3, 0.4) is 0 Å². The van der Waals surface area contributed by atoms with Gasteiger partial charge in [0.15, 0.2) is 17.7 Å². The molecular weight excluding hydrogens is 237 g/mol. The zero-order chi connectivity index (χ0) is 11.8. The first-order valence-corrected chi connectivity index (χ1v) is 6.08. The minimum atomic E-state index is -3.79. The van der Waals surface area contributed by atoms with E-state index in [0.29, 0.717) is 5.75 Å². The van der Waals surface area contributed by atoms with Crippen LogP contribution in [-0.2, 0) is 10.0 Å². The molecule has 1 atom stereocenters. The van der Waals surface area contributed by atoms with Crippen LogP contribution < -0.4 is 14.6 Å². The van der Waals surface area contributed by atoms with Gasteiger partial charge >= 0.3 is 0 Å². The molecule has 0 saturated carbocycles. The first kappa shape index (κ1) is 11.2. The van der Waals surface area contributed by atoms with Crippen LogP contribution in [0.4, 0.5) is 4.39 Å². The van der Waals surface area contributed by atoms with Crippen molar-refractivity contribution in [1.29, 1.82) is 0 Å². The molecule has 1 aromatic carbocycles. The maximum atomic E-state index is 13.0. The number of sulfonamides is 1. The number of nitrogens with two attached hydrogens (primary N) is 1. The lowest BCUT2D eigenvalue weighted by molar-refractivity contribution is 0.162. The van der Waals surface area contributed by atoms with Crippen molar-refractivity contribution in [3.05, 3.63) is 18.2 Å². The average molecular weight is 247 g/mol. The SMILES string of the molecule is NS(=O)(=O)c1ccc2c(c1)OC[C@H](F)CO2. The zero-order valence-corrected chi connectivity index (χ0v) is 9.04. The molecule has 0 aromatic heterocycles. The molecule has 1 aromatic rings. The fourth-order valence-corrected chi connectivity index (χ4v) is 1.83. The summed E-state index contributed by atoms with van der Waals surface area (Å²) in [6.07, 6.45) is -1.23. The molecule has 0 unspecified atom stereocenters. The van der Waals surface area contributed by atoms with E-state index in [1.54, 1.807) is 0 Å². The van der Waals surface area contributed by atoms with Crippen molar-refractivity contribution >= 4 is 10.0 Å². The number of hydrogen-bond donors (Lipinski definition) is 1. The molecule has 0 saturated heterocycles. The number of fused-ring (bicyclic) bond motifs is 1. The molecule has 7 heteroatoms. The van der Waals surface area contributed by atoms with Crippen LogP contribution in [0.5, 0.6) is 11.5 Å². The summed E-state index contributed by atoms with van der Waals surface area (Å²) in [4.78, 5) is -0.0906. The molecule has 1 heterocycles. The Morgan fingerprint density at radius 3 is 2.50 bits per heavy atom. The van der Waals surface area contributed by atoms with Gasteiger partial charge in [0.2, 0.25) is 10.0 Å². The van der Waals surface area contributed by atoms with E-state index in [4.69, 9.17) is 14.6 Å². The van der Waals surface area contributed by atoms with E-state index in [1.165, 1.54) is 18.2 Å². The smallest absolute Gasteiger partial charge is 0.238 e. The molecule has 0 amide bonds. The maximum absolute atomic E-state index is 13.0. The van der Waals surface area contributed by atoms with Gasteiger partial charge in [0.05, 0.1) is 4.90 Å². The van der Waals surface area contributed by atoms with Crippen molar-refractivity contribution in [1.82, 2.24) is 0 Å². The highest BCUT2D eigenvalue weighted by Crippen LogP contribution is 2.31. The second kappa shape index (κ2) is 3.91. The minimum Gasteiger partial charge on any atom is -0.487 e. The Kier molecular flexibility index (Phi) is 2.73. The molecule has 2 N–H and O–H groups in total. The lowest BCUT2D eigenvalue weighted by Gasteiger charge is -2.07. The van der Waals surface area contributed by atoms with Crippen LogP contribution in [0, 0.1) is 0 Å². The van der Waals surface area contributed by atoms with Gasteiger partial charge in [0.1, 0.15) is 13.2 Å². The van der Waals surface area contributed by atoms with E-state index in [0.717, 1.165) is 0 Å². The molecule has 5 nitrogen and oxygen atoms in total. The van der Waals surface area contributed by atoms with Gasteiger partial charge in [0, 0.05) is 6.07 Å². The van der Waals surface area contributed by atoms with E-state index >= 15 is 0 Å². The monoisotopic (exact) mass is 247 g/mol. The Hall–Kier alpha value is -1.34. The largest absolute Gasteiger partial charge is 0.487 e. The standard InChI is InChI=1S/C9H10FNO4S/c10-6-4-14-8-2-1-7(16(11,12)13)3-9(8)15-5-6/h1-3,6H,4-5H2,(H2,11,12,13)/t6-/m1/s1. The lowest BCUT2D eigenvalue weighted by Crippen LogP contribution is -2.17. The van der Waals surface area contributed by atoms with Gasteiger partial charge in [-0.25, -0.2) is 17.9 Å². The van der Waals surface area contributed by atoms with Crippen molar-refractivity contribution in [2.24, 2.45) is 5.14 Å². The summed E-state index contributed by atoms with van der Waals surface area (Å²) < 4.78 is 45.3. The molecule has 0 fully saturated rings. The number of ether oxygens (including phenoxy) is 2. The third kappa shape index (κ3) is 2.25. The molecule has 0 aliphatic carbocycles. The van der Waals surface area contributed by atoms with Gasteiger partial charge < -0.3 is 9.47 Å². The van der Waals surface area contributed by atoms with E-state index in [9.17, 15) is 12.8 Å². The van der Waals surface area contributed by atoms with Gasteiger partial charge in [-0.2, -0.15) is 0 Å². The van der Waals surface area contributed by atoms with Gasteiger partial charge in [0.25, 0.3) is 0 Å². The number of primary sulfonamides is 1. The number of rotatable bonds is 1. The number of alkyl halides is 1. The van der Waals surface area contributed by atoms with E-state index in [-0.39, 0.29) is 23.9 Å². The van der Waals surface area contributed by atoms with Gasteiger partial charge in [-0.05, 0) is 12.1 Å². The summed E-state index contributed by atoms with van der Waals surface area (Å²) >= 11 is 0. The Balaban J connectivity index is 2.40. The van der Waals surface area contributed by atoms with Crippen molar-refractivity contribution in [2.45, 2.75) is 11.1 Å². The Bertz CT molecular complexity index is 502. The van der Waals surface area contributed by atoms with Crippen molar-refractivity contribution in [2.75, 3.05) is 13.2 Å². The second-order valence-corrected chi connectivity index (χ2v) is 4.93. The summed E-state index contributed by atoms with van der Waals surface area (Å²) in [5.74, 6) is 0.499. The first-order chi connectivity index (χ1) is 7.47. The maximum Gasteiger partial charge on any atom is 0.238 e. The Morgan fingerprint density at radius 2 is 1.88 bits per heavy atom. The summed E-state index contributed by atoms with van der Waals surface area (Å²) in [6.45, 7) is -0.275. The zero-order valence-electron chi connectivity index (χ0n) is 8.22. The second-order valence-electron chi connectivity index (χ2n) is 3.37. The molecule has 2 rings (SSSR count). The van der Waals surface area contributed by atoms with Crippen LogP contribution >= 0.6 is 0 Å². The van der Waals surface area contributed by atoms with Gasteiger partial charge in [-0.3, -0.25) is 0 Å². The third-order valence-corrected chi connectivity index (χ3v) is 2.99. The minimum absolute atomic E-state index is 0.0906. The number of halogens is 1. The normalized spacial score (nSPS) is 20.2. The van der Waals surface area contributed by atoms with Crippen LogP contribution in [0.2, 0.25) is 0 Å². The summed E-state index contributed by atoms with van der Waals surface area (Å²) in [6, 6.07) is 3.91. The summed E-state index contributed by atoms with van der Waals surface area (Å²) in [5, 5.41) is 4.96. The van der Waals surface area contributed by atoms with Crippen LogP contribution in [0.15, 0.2) is 23.1 Å². The average Bonchev–Trinajstić information content (AvgIpc) is 2.39. The van der Waals surface area contributed by atoms with Gasteiger partial charge in [-0.1, -0.05) is 0 Å². The predicted molar refractivity (Wildman–Crippen MR) is 53.7 cm³/mol. The highest BCUT2D eigenvalue weighted by atomic mass is 32.2. The number of benzene rings is 1. The quantitative estimate of drug-likeness (QED) is 0.781. The molecule has 0 spiro atoms. The van der Waals surface area contributed by atoms with E-state index < -0.39 is 16.2 Å². The van der Waals surface area contributed by atoms with Gasteiger partial charge in [-0.15, -0.1) is 0 Å². The van der Waals surface area contributed by atoms with Crippen LogP contribution in [-0.4, -0.2) is 27.8 Å². The van der Waals surface area contributed by atoms with Crippen LogP contribution in [0.1, 0.15) is 0 Å². The highest BCUT2D eigenvalue weighted by Gasteiger charge is 2.19. The summed E-state index contributed by atoms with van der Waals surface area (Å²) in [5.41, 5.74) is 0. The molecule has 88 valence electrons. The fourth-order valence-electron chi connectivity index (χ4n) is 1.31. The van der Waals surface area contributed by atoms with Crippen molar-refractivity contribution < 1.29 is 22.3 Å². The summed E-state index contributed by atoms with van der Waals surface area (Å²) in [7, 11) is -3.79. The number of hydrogen-bond acceptors (Lipinski definition) is 4. The predicted octanol–water partition coefficient (Wildman–Crippen LogP) is 0.443. The van der Waals surface area contributed by atoms with E-state index in [2.05, 4.69) is 0 Å². The first-order valence-electron chi connectivity index (χ1n) is 4.53. The molecule has 16 heavy (non-hydrogen) atoms.